The maximum atomic E-state index is 12.7. The van der Waals surface area contributed by atoms with Crippen LogP contribution in [0.25, 0.3) is 16.9 Å². The molecule has 4 aromatic rings. The second-order valence-corrected chi connectivity index (χ2v) is 8.49. The normalized spacial score (nSPS) is 12.3. The Bertz CT molecular complexity index is 1330. The fourth-order valence-corrected chi connectivity index (χ4v) is 4.05. The maximum absolute atomic E-state index is 12.7. The molecule has 0 unspecified atom stereocenters. The van der Waals surface area contributed by atoms with Gasteiger partial charge in [0.05, 0.1) is 16.2 Å². The Morgan fingerprint density at radius 1 is 1.00 bits per heavy atom. The minimum absolute atomic E-state index is 0.260. The molecule has 0 saturated carbocycles. The quantitative estimate of drug-likeness (QED) is 0.487. The Labute approximate surface area is 170 Å². The Kier molecular flexibility index (Phi) is 4.77. The molecule has 2 aromatic heterocycles. The molecular formula is C21H16F3N3O2S. The first-order valence-corrected chi connectivity index (χ1v) is 10.4. The molecule has 5 nitrogen and oxygen atoms in total. The van der Waals surface area contributed by atoms with E-state index < -0.39 is 21.8 Å². The molecule has 0 saturated heterocycles. The monoisotopic (exact) mass is 431 g/mol. The van der Waals surface area contributed by atoms with Crippen LogP contribution in [0.5, 0.6) is 0 Å². The van der Waals surface area contributed by atoms with Crippen molar-refractivity contribution in [3.05, 3.63) is 84.2 Å². The van der Waals surface area contributed by atoms with Crippen molar-refractivity contribution in [2.75, 3.05) is 4.72 Å². The molecule has 0 atom stereocenters. The van der Waals surface area contributed by atoms with E-state index in [4.69, 9.17) is 0 Å². The number of imidazole rings is 1. The summed E-state index contributed by atoms with van der Waals surface area (Å²) in [4.78, 5) is 4.29. The highest BCUT2D eigenvalue weighted by Crippen LogP contribution is 2.30. The van der Waals surface area contributed by atoms with Gasteiger partial charge in [0.1, 0.15) is 5.65 Å². The largest absolute Gasteiger partial charge is 0.416 e. The summed E-state index contributed by atoms with van der Waals surface area (Å²) in [5.41, 5.74) is 2.56. The summed E-state index contributed by atoms with van der Waals surface area (Å²) in [6.07, 6.45) is -0.812. The fraction of sp³-hybridized carbons (Fsp3) is 0.0952. The van der Waals surface area contributed by atoms with Gasteiger partial charge in [0.15, 0.2) is 0 Å². The molecule has 0 bridgehead atoms. The third kappa shape index (κ3) is 4.02. The number of sulfonamides is 1. The summed E-state index contributed by atoms with van der Waals surface area (Å²) in [5.74, 6) is 0. The average molecular weight is 431 g/mol. The van der Waals surface area contributed by atoms with E-state index in [0.717, 1.165) is 35.5 Å². The van der Waals surface area contributed by atoms with Crippen molar-refractivity contribution in [2.45, 2.75) is 18.0 Å². The van der Waals surface area contributed by atoms with Gasteiger partial charge in [-0.1, -0.05) is 12.1 Å². The Morgan fingerprint density at radius 3 is 2.43 bits per heavy atom. The summed E-state index contributed by atoms with van der Waals surface area (Å²) in [6.45, 7) is 1.96. The number of aryl methyl sites for hydroxylation is 1. The molecule has 0 radical (unpaired) electrons. The predicted molar refractivity (Wildman–Crippen MR) is 108 cm³/mol. The van der Waals surface area contributed by atoms with Gasteiger partial charge in [-0.25, -0.2) is 13.4 Å². The highest BCUT2D eigenvalue weighted by atomic mass is 32.2. The first-order valence-electron chi connectivity index (χ1n) is 8.88. The van der Waals surface area contributed by atoms with Crippen molar-refractivity contribution < 1.29 is 21.6 Å². The van der Waals surface area contributed by atoms with Crippen LogP contribution in [0.4, 0.5) is 18.9 Å². The van der Waals surface area contributed by atoms with Crippen LogP contribution in [0, 0.1) is 6.92 Å². The number of pyridine rings is 1. The highest BCUT2D eigenvalue weighted by molar-refractivity contribution is 7.92. The van der Waals surface area contributed by atoms with E-state index in [1.54, 1.807) is 24.3 Å². The van der Waals surface area contributed by atoms with Crippen LogP contribution in [-0.4, -0.2) is 17.8 Å². The Balaban J connectivity index is 1.62. The molecule has 0 aliphatic rings. The minimum Gasteiger partial charge on any atom is -0.306 e. The third-order valence-corrected chi connectivity index (χ3v) is 5.92. The molecule has 0 fully saturated rings. The third-order valence-electron chi connectivity index (χ3n) is 4.52. The van der Waals surface area contributed by atoms with E-state index in [-0.39, 0.29) is 10.6 Å². The average Bonchev–Trinajstić information content (AvgIpc) is 3.10. The van der Waals surface area contributed by atoms with Gasteiger partial charge in [0, 0.05) is 23.6 Å². The number of halogens is 3. The molecular weight excluding hydrogens is 415 g/mol. The zero-order valence-electron chi connectivity index (χ0n) is 15.7. The topological polar surface area (TPSA) is 63.5 Å². The van der Waals surface area contributed by atoms with Crippen molar-refractivity contribution in [1.29, 1.82) is 0 Å². The number of hydrogen-bond acceptors (Lipinski definition) is 3. The lowest BCUT2D eigenvalue weighted by atomic mass is 10.1. The summed E-state index contributed by atoms with van der Waals surface area (Å²) in [5, 5.41) is 0. The van der Waals surface area contributed by atoms with E-state index in [1.807, 2.05) is 35.9 Å². The molecule has 9 heteroatoms. The van der Waals surface area contributed by atoms with Gasteiger partial charge in [-0.3, -0.25) is 4.72 Å². The first-order chi connectivity index (χ1) is 14.1. The van der Waals surface area contributed by atoms with Crippen molar-refractivity contribution in [3.63, 3.8) is 0 Å². The van der Waals surface area contributed by atoms with Crippen LogP contribution < -0.4 is 4.72 Å². The Morgan fingerprint density at radius 2 is 1.73 bits per heavy atom. The summed E-state index contributed by atoms with van der Waals surface area (Å²) in [7, 11) is -4.05. The molecule has 2 aromatic carbocycles. The van der Waals surface area contributed by atoms with Gasteiger partial charge in [-0.05, 0) is 61.0 Å². The second-order valence-electron chi connectivity index (χ2n) is 6.80. The van der Waals surface area contributed by atoms with E-state index in [1.165, 1.54) is 0 Å². The number of fused-ring (bicyclic) bond motifs is 1. The van der Waals surface area contributed by atoms with Crippen molar-refractivity contribution >= 4 is 21.4 Å². The maximum Gasteiger partial charge on any atom is 0.416 e. The highest BCUT2D eigenvalue weighted by Gasteiger charge is 2.30. The fourth-order valence-electron chi connectivity index (χ4n) is 3.00. The number of anilines is 1. The van der Waals surface area contributed by atoms with Crippen molar-refractivity contribution in [3.8, 4) is 11.3 Å². The number of nitrogens with one attached hydrogen (secondary N) is 1. The number of rotatable bonds is 4. The zero-order valence-corrected chi connectivity index (χ0v) is 16.5. The lowest BCUT2D eigenvalue weighted by molar-refractivity contribution is -0.137. The first kappa shape index (κ1) is 20.0. The molecule has 2 heterocycles. The second kappa shape index (κ2) is 7.17. The van der Waals surface area contributed by atoms with E-state index >= 15 is 0 Å². The molecule has 0 spiro atoms. The predicted octanol–water partition coefficient (Wildman–Crippen LogP) is 5.13. The molecule has 0 aliphatic heterocycles. The molecule has 0 aliphatic carbocycles. The standard InChI is InChI=1S/C21H16F3N3O2S/c1-14-9-10-27-13-19(25-20(27)11-14)15-3-2-4-17(12-15)26-30(28,29)18-7-5-16(6-8-18)21(22,23)24/h2-13,26H,1H3. The summed E-state index contributed by atoms with van der Waals surface area (Å²) in [6, 6.07) is 13.9. The molecule has 154 valence electrons. The number of alkyl halides is 3. The lowest BCUT2D eigenvalue weighted by Crippen LogP contribution is -2.13. The van der Waals surface area contributed by atoms with Crippen LogP contribution in [0.3, 0.4) is 0 Å². The van der Waals surface area contributed by atoms with Crippen LogP contribution in [0.1, 0.15) is 11.1 Å². The molecule has 30 heavy (non-hydrogen) atoms. The molecule has 4 rings (SSSR count). The van der Waals surface area contributed by atoms with E-state index in [9.17, 15) is 21.6 Å². The lowest BCUT2D eigenvalue weighted by Gasteiger charge is -2.11. The smallest absolute Gasteiger partial charge is 0.306 e. The van der Waals surface area contributed by atoms with Gasteiger partial charge in [-0.15, -0.1) is 0 Å². The molecule has 1 N–H and O–H groups in total. The zero-order chi connectivity index (χ0) is 21.5. The van der Waals surface area contributed by atoms with Gasteiger partial charge >= 0.3 is 6.18 Å². The molecule has 0 amide bonds. The van der Waals surface area contributed by atoms with E-state index in [2.05, 4.69) is 9.71 Å². The van der Waals surface area contributed by atoms with Crippen LogP contribution in [0.15, 0.2) is 78.0 Å². The minimum atomic E-state index is -4.53. The van der Waals surface area contributed by atoms with Gasteiger partial charge < -0.3 is 4.40 Å². The van der Waals surface area contributed by atoms with Gasteiger partial charge in [0.2, 0.25) is 0 Å². The Hall–Kier alpha value is -3.33. The van der Waals surface area contributed by atoms with Crippen LogP contribution >= 0.6 is 0 Å². The van der Waals surface area contributed by atoms with Crippen LogP contribution in [-0.2, 0) is 16.2 Å². The number of hydrogen-bond donors (Lipinski definition) is 1. The van der Waals surface area contributed by atoms with E-state index in [0.29, 0.717) is 11.3 Å². The summed E-state index contributed by atoms with van der Waals surface area (Å²) < 4.78 is 67.5. The van der Waals surface area contributed by atoms with Crippen molar-refractivity contribution in [2.24, 2.45) is 0 Å². The van der Waals surface area contributed by atoms with Crippen LogP contribution in [0.2, 0.25) is 0 Å². The van der Waals surface area contributed by atoms with Gasteiger partial charge in [0.25, 0.3) is 10.0 Å². The summed E-state index contributed by atoms with van der Waals surface area (Å²) >= 11 is 0. The SMILES string of the molecule is Cc1ccn2cc(-c3cccc(NS(=O)(=O)c4ccc(C(F)(F)F)cc4)c3)nc2c1. The van der Waals surface area contributed by atoms with Gasteiger partial charge in [-0.2, -0.15) is 13.2 Å². The van der Waals surface area contributed by atoms with Crippen molar-refractivity contribution in [1.82, 2.24) is 9.38 Å². The number of nitrogens with zero attached hydrogens (tertiary/aromatic N) is 2. The number of benzene rings is 2. The number of aromatic nitrogens is 2.